The van der Waals surface area contributed by atoms with Crippen molar-refractivity contribution in [1.29, 1.82) is 0 Å². The van der Waals surface area contributed by atoms with Crippen molar-refractivity contribution in [2.45, 2.75) is 13.5 Å². The number of halogens is 1. The Labute approximate surface area is 169 Å². The quantitative estimate of drug-likeness (QED) is 0.769. The van der Waals surface area contributed by atoms with Crippen molar-refractivity contribution >= 4 is 17.5 Å². The van der Waals surface area contributed by atoms with Crippen LogP contribution in [0.15, 0.2) is 36.4 Å². The number of hydrogen-bond donors (Lipinski definition) is 0. The van der Waals surface area contributed by atoms with Crippen molar-refractivity contribution in [1.82, 2.24) is 9.80 Å². The molecule has 0 aromatic heterocycles. The van der Waals surface area contributed by atoms with Crippen molar-refractivity contribution in [3.05, 3.63) is 52.5 Å². The fourth-order valence-corrected chi connectivity index (χ4v) is 3.69. The first-order chi connectivity index (χ1) is 13.6. The third-order valence-corrected chi connectivity index (χ3v) is 5.29. The molecule has 2 aliphatic heterocycles. The maximum Gasteiger partial charge on any atom is 0.260 e. The van der Waals surface area contributed by atoms with E-state index in [9.17, 15) is 4.79 Å². The summed E-state index contributed by atoms with van der Waals surface area (Å²) < 4.78 is 16.5. The summed E-state index contributed by atoms with van der Waals surface area (Å²) in [5, 5.41) is 0.662. The Morgan fingerprint density at radius 3 is 2.64 bits per heavy atom. The lowest BCUT2D eigenvalue weighted by Gasteiger charge is -2.34. The van der Waals surface area contributed by atoms with Gasteiger partial charge < -0.3 is 19.1 Å². The highest BCUT2D eigenvalue weighted by Crippen LogP contribution is 2.32. The first-order valence-electron chi connectivity index (χ1n) is 9.36. The zero-order chi connectivity index (χ0) is 19.5. The first-order valence-corrected chi connectivity index (χ1v) is 9.74. The van der Waals surface area contributed by atoms with E-state index in [1.165, 1.54) is 5.56 Å². The van der Waals surface area contributed by atoms with Crippen LogP contribution in [0.1, 0.15) is 11.1 Å². The van der Waals surface area contributed by atoms with E-state index >= 15 is 0 Å². The van der Waals surface area contributed by atoms with Gasteiger partial charge in [-0.1, -0.05) is 17.7 Å². The molecule has 1 saturated heterocycles. The van der Waals surface area contributed by atoms with Gasteiger partial charge in [-0.3, -0.25) is 9.69 Å². The Morgan fingerprint density at radius 1 is 1.07 bits per heavy atom. The fourth-order valence-electron chi connectivity index (χ4n) is 3.46. The minimum Gasteiger partial charge on any atom is -0.483 e. The molecular formula is C21H23ClN2O4. The van der Waals surface area contributed by atoms with E-state index in [2.05, 4.69) is 11.0 Å². The van der Waals surface area contributed by atoms with E-state index in [1.54, 1.807) is 12.1 Å². The molecule has 2 heterocycles. The Hall–Kier alpha value is -2.44. The summed E-state index contributed by atoms with van der Waals surface area (Å²) in [6, 6.07) is 11.4. The smallest absolute Gasteiger partial charge is 0.260 e. The van der Waals surface area contributed by atoms with Crippen LogP contribution in [0, 0.1) is 6.92 Å². The van der Waals surface area contributed by atoms with Crippen LogP contribution in [0.3, 0.4) is 0 Å². The molecule has 0 unspecified atom stereocenters. The molecule has 2 aromatic rings. The van der Waals surface area contributed by atoms with Gasteiger partial charge in [-0.05, 0) is 48.4 Å². The van der Waals surface area contributed by atoms with Crippen LogP contribution in [0.2, 0.25) is 5.02 Å². The number of ether oxygens (including phenoxy) is 3. The van der Waals surface area contributed by atoms with Crippen molar-refractivity contribution in [3.63, 3.8) is 0 Å². The standard InChI is InChI=1S/C21H23ClN2O4/c1-15-10-17(22)3-5-18(15)26-13-21(25)24-8-6-23(7-9-24)12-16-2-4-19-20(11-16)28-14-27-19/h2-5,10-11H,6-9,12-14H2,1H3. The zero-order valence-electron chi connectivity index (χ0n) is 15.8. The van der Waals surface area contributed by atoms with E-state index < -0.39 is 0 Å². The summed E-state index contributed by atoms with van der Waals surface area (Å²) >= 11 is 5.95. The largest absolute Gasteiger partial charge is 0.483 e. The highest BCUT2D eigenvalue weighted by atomic mass is 35.5. The lowest BCUT2D eigenvalue weighted by molar-refractivity contribution is -0.135. The molecule has 0 radical (unpaired) electrons. The summed E-state index contributed by atoms with van der Waals surface area (Å²) in [5.74, 6) is 2.31. The van der Waals surface area contributed by atoms with Crippen LogP contribution in [-0.4, -0.2) is 55.3 Å². The molecule has 2 aromatic carbocycles. The Bertz CT molecular complexity index is 865. The van der Waals surface area contributed by atoms with Gasteiger partial charge >= 0.3 is 0 Å². The topological polar surface area (TPSA) is 51.2 Å². The van der Waals surface area contributed by atoms with Crippen molar-refractivity contribution in [3.8, 4) is 17.2 Å². The lowest BCUT2D eigenvalue weighted by atomic mass is 10.1. The molecule has 0 aliphatic carbocycles. The molecule has 1 fully saturated rings. The number of hydrogen-bond acceptors (Lipinski definition) is 5. The van der Waals surface area contributed by atoms with Gasteiger partial charge in [-0.2, -0.15) is 0 Å². The minimum atomic E-state index is 0.0112. The van der Waals surface area contributed by atoms with E-state index in [-0.39, 0.29) is 19.3 Å². The maximum atomic E-state index is 12.5. The number of carbonyl (C=O) groups is 1. The Morgan fingerprint density at radius 2 is 1.86 bits per heavy atom. The molecule has 0 saturated carbocycles. The molecular weight excluding hydrogens is 380 g/mol. The summed E-state index contributed by atoms with van der Waals surface area (Å²) in [7, 11) is 0. The second kappa shape index (κ2) is 8.29. The van der Waals surface area contributed by atoms with E-state index in [1.807, 2.05) is 30.0 Å². The number of aryl methyl sites for hydroxylation is 1. The average molecular weight is 403 g/mol. The molecule has 0 atom stereocenters. The van der Waals surface area contributed by atoms with E-state index in [4.69, 9.17) is 25.8 Å². The molecule has 6 nitrogen and oxygen atoms in total. The molecule has 7 heteroatoms. The molecule has 0 bridgehead atoms. The normalized spacial score (nSPS) is 16.3. The maximum absolute atomic E-state index is 12.5. The van der Waals surface area contributed by atoms with Gasteiger partial charge in [0.1, 0.15) is 5.75 Å². The van der Waals surface area contributed by atoms with Crippen molar-refractivity contribution < 1.29 is 19.0 Å². The van der Waals surface area contributed by atoms with E-state index in [0.717, 1.165) is 36.7 Å². The number of nitrogens with zero attached hydrogens (tertiary/aromatic N) is 2. The third-order valence-electron chi connectivity index (χ3n) is 5.06. The van der Waals surface area contributed by atoms with Gasteiger partial charge in [0.2, 0.25) is 6.79 Å². The van der Waals surface area contributed by atoms with Crippen LogP contribution in [0.25, 0.3) is 0 Å². The summed E-state index contributed by atoms with van der Waals surface area (Å²) in [6.45, 7) is 6.15. The number of fused-ring (bicyclic) bond motifs is 1. The Balaban J connectivity index is 1.25. The predicted molar refractivity (Wildman–Crippen MR) is 106 cm³/mol. The third kappa shape index (κ3) is 4.34. The summed E-state index contributed by atoms with van der Waals surface area (Å²) in [4.78, 5) is 16.7. The van der Waals surface area contributed by atoms with E-state index in [0.29, 0.717) is 23.9 Å². The van der Waals surface area contributed by atoms with Crippen LogP contribution in [-0.2, 0) is 11.3 Å². The second-order valence-electron chi connectivity index (χ2n) is 7.04. The fraction of sp³-hybridized carbons (Fsp3) is 0.381. The van der Waals surface area contributed by atoms with Crippen molar-refractivity contribution in [2.75, 3.05) is 39.6 Å². The number of benzene rings is 2. The van der Waals surface area contributed by atoms with Crippen LogP contribution >= 0.6 is 11.6 Å². The monoisotopic (exact) mass is 402 g/mol. The average Bonchev–Trinajstić information content (AvgIpc) is 3.15. The molecule has 28 heavy (non-hydrogen) atoms. The van der Waals surface area contributed by atoms with Crippen LogP contribution in [0.4, 0.5) is 0 Å². The van der Waals surface area contributed by atoms with Crippen LogP contribution < -0.4 is 14.2 Å². The summed E-state index contributed by atoms with van der Waals surface area (Å²) in [5.41, 5.74) is 2.11. The van der Waals surface area contributed by atoms with Gasteiger partial charge in [0.05, 0.1) is 0 Å². The van der Waals surface area contributed by atoms with Gasteiger partial charge in [-0.15, -0.1) is 0 Å². The summed E-state index contributed by atoms with van der Waals surface area (Å²) in [6.07, 6.45) is 0. The highest BCUT2D eigenvalue weighted by molar-refractivity contribution is 6.30. The predicted octanol–water partition coefficient (Wildman–Crippen LogP) is 3.10. The molecule has 2 aliphatic rings. The zero-order valence-corrected chi connectivity index (χ0v) is 16.6. The SMILES string of the molecule is Cc1cc(Cl)ccc1OCC(=O)N1CCN(Cc2ccc3c(c2)OCO3)CC1. The van der Waals surface area contributed by atoms with Gasteiger partial charge in [0.15, 0.2) is 18.1 Å². The number of rotatable bonds is 5. The number of amides is 1. The molecule has 0 N–H and O–H groups in total. The van der Waals surface area contributed by atoms with Gasteiger partial charge in [0, 0.05) is 37.7 Å². The van der Waals surface area contributed by atoms with Crippen molar-refractivity contribution in [2.24, 2.45) is 0 Å². The van der Waals surface area contributed by atoms with Gasteiger partial charge in [-0.25, -0.2) is 0 Å². The molecule has 1 amide bonds. The number of piperazine rings is 1. The second-order valence-corrected chi connectivity index (χ2v) is 7.48. The molecule has 4 rings (SSSR count). The van der Waals surface area contributed by atoms with Gasteiger partial charge in [0.25, 0.3) is 5.91 Å². The first kappa shape index (κ1) is 18.9. The number of carbonyl (C=O) groups excluding carboxylic acids is 1. The Kier molecular flexibility index (Phi) is 5.59. The van der Waals surface area contributed by atoms with Crippen LogP contribution in [0.5, 0.6) is 17.2 Å². The lowest BCUT2D eigenvalue weighted by Crippen LogP contribution is -2.49. The minimum absolute atomic E-state index is 0.0112. The molecule has 148 valence electrons. The molecule has 0 spiro atoms. The highest BCUT2D eigenvalue weighted by Gasteiger charge is 2.22.